The van der Waals surface area contributed by atoms with E-state index in [0.717, 1.165) is 18.5 Å². The van der Waals surface area contributed by atoms with Crippen LogP contribution in [0, 0.1) is 11.3 Å². The van der Waals surface area contributed by atoms with Crippen LogP contribution in [0.25, 0.3) is 0 Å². The van der Waals surface area contributed by atoms with Crippen LogP contribution in [0.2, 0.25) is 0 Å². The van der Waals surface area contributed by atoms with Gasteiger partial charge in [0.05, 0.1) is 12.3 Å². The molecule has 0 radical (unpaired) electrons. The van der Waals surface area contributed by atoms with Crippen LogP contribution >= 0.6 is 0 Å². The molecule has 0 fully saturated rings. The molecule has 0 spiro atoms. The van der Waals surface area contributed by atoms with E-state index in [0.29, 0.717) is 24.5 Å². The second-order valence-electron chi connectivity index (χ2n) is 3.44. The predicted molar refractivity (Wildman–Crippen MR) is 59.4 cm³/mol. The number of ether oxygens (including phenoxy) is 1. The molecule has 0 amide bonds. The molecular weight excluding hydrogens is 190 g/mol. The summed E-state index contributed by atoms with van der Waals surface area (Å²) in [6.07, 6.45) is 1.92. The van der Waals surface area contributed by atoms with Gasteiger partial charge in [0.25, 0.3) is 0 Å². The summed E-state index contributed by atoms with van der Waals surface area (Å²) < 4.78 is 6.96. The van der Waals surface area contributed by atoms with E-state index in [1.54, 1.807) is 13.2 Å². The van der Waals surface area contributed by atoms with Gasteiger partial charge in [0.2, 0.25) is 0 Å². The Morgan fingerprint density at radius 3 is 2.87 bits per heavy atom. The molecule has 0 aliphatic carbocycles. The van der Waals surface area contributed by atoms with Crippen molar-refractivity contribution in [2.45, 2.75) is 26.3 Å². The van der Waals surface area contributed by atoms with Crippen molar-refractivity contribution in [2.75, 3.05) is 19.5 Å². The van der Waals surface area contributed by atoms with Crippen molar-refractivity contribution in [3.8, 4) is 6.07 Å². The number of aromatic nitrogens is 1. The molecule has 0 aliphatic heterocycles. The molecule has 1 aromatic heterocycles. The average molecular weight is 207 g/mol. The van der Waals surface area contributed by atoms with E-state index >= 15 is 0 Å². The number of anilines is 1. The third-order valence-electron chi connectivity index (χ3n) is 2.36. The average Bonchev–Trinajstić information content (AvgIpc) is 2.53. The van der Waals surface area contributed by atoms with E-state index in [1.807, 2.05) is 4.57 Å². The molecule has 1 aromatic rings. The number of rotatable bonds is 5. The molecule has 0 unspecified atom stereocenters. The van der Waals surface area contributed by atoms with Crippen molar-refractivity contribution in [3.63, 3.8) is 0 Å². The SMILES string of the molecule is CCCc1c(N)cc(C#N)n1CCOC. The Bertz CT molecular complexity index is 363. The van der Waals surface area contributed by atoms with Crippen molar-refractivity contribution in [1.82, 2.24) is 4.57 Å². The van der Waals surface area contributed by atoms with Crippen LogP contribution in [0.3, 0.4) is 0 Å². The van der Waals surface area contributed by atoms with E-state index in [4.69, 9.17) is 15.7 Å². The van der Waals surface area contributed by atoms with Crippen molar-refractivity contribution in [3.05, 3.63) is 17.5 Å². The normalized spacial score (nSPS) is 10.2. The fourth-order valence-corrected chi connectivity index (χ4v) is 1.66. The first-order valence-electron chi connectivity index (χ1n) is 5.11. The quantitative estimate of drug-likeness (QED) is 0.796. The number of nitrogens with two attached hydrogens (primary N) is 1. The molecule has 2 N–H and O–H groups in total. The summed E-state index contributed by atoms with van der Waals surface area (Å²) in [6.45, 7) is 3.38. The summed E-state index contributed by atoms with van der Waals surface area (Å²) in [6, 6.07) is 3.89. The van der Waals surface area contributed by atoms with Gasteiger partial charge in [0, 0.05) is 19.3 Å². The fourth-order valence-electron chi connectivity index (χ4n) is 1.66. The van der Waals surface area contributed by atoms with Crippen LogP contribution in [0.1, 0.15) is 24.7 Å². The molecule has 0 aliphatic rings. The summed E-state index contributed by atoms with van der Waals surface area (Å²) in [4.78, 5) is 0. The Hall–Kier alpha value is -1.47. The van der Waals surface area contributed by atoms with Gasteiger partial charge in [-0.1, -0.05) is 13.3 Å². The number of nitriles is 1. The summed E-state index contributed by atoms with van der Waals surface area (Å²) in [5, 5.41) is 8.96. The van der Waals surface area contributed by atoms with Crippen LogP contribution in [-0.2, 0) is 17.7 Å². The van der Waals surface area contributed by atoms with Crippen molar-refractivity contribution >= 4 is 5.69 Å². The largest absolute Gasteiger partial charge is 0.397 e. The van der Waals surface area contributed by atoms with Gasteiger partial charge in [-0.2, -0.15) is 5.26 Å². The molecular formula is C11H17N3O. The molecule has 0 bridgehead atoms. The molecule has 1 heterocycles. The maximum Gasteiger partial charge on any atom is 0.122 e. The van der Waals surface area contributed by atoms with E-state index in [9.17, 15) is 0 Å². The smallest absolute Gasteiger partial charge is 0.122 e. The highest BCUT2D eigenvalue weighted by Gasteiger charge is 2.11. The van der Waals surface area contributed by atoms with E-state index in [-0.39, 0.29) is 0 Å². The predicted octanol–water partition coefficient (Wildman–Crippen LogP) is 1.54. The third-order valence-corrected chi connectivity index (χ3v) is 2.36. The van der Waals surface area contributed by atoms with Gasteiger partial charge >= 0.3 is 0 Å². The maximum atomic E-state index is 8.96. The molecule has 4 nitrogen and oxygen atoms in total. The third kappa shape index (κ3) is 2.51. The minimum Gasteiger partial charge on any atom is -0.397 e. The van der Waals surface area contributed by atoms with Crippen LogP contribution in [0.5, 0.6) is 0 Å². The zero-order valence-corrected chi connectivity index (χ0v) is 9.29. The van der Waals surface area contributed by atoms with Crippen LogP contribution < -0.4 is 5.73 Å². The summed E-state index contributed by atoms with van der Waals surface area (Å²) >= 11 is 0. The van der Waals surface area contributed by atoms with Crippen molar-refractivity contribution < 1.29 is 4.74 Å². The van der Waals surface area contributed by atoms with E-state index in [1.165, 1.54) is 0 Å². The second kappa shape index (κ2) is 5.42. The zero-order valence-electron chi connectivity index (χ0n) is 9.29. The number of hydrogen-bond donors (Lipinski definition) is 1. The molecule has 15 heavy (non-hydrogen) atoms. The lowest BCUT2D eigenvalue weighted by molar-refractivity contribution is 0.186. The van der Waals surface area contributed by atoms with Gasteiger partial charge in [-0.3, -0.25) is 0 Å². The molecule has 0 aromatic carbocycles. The van der Waals surface area contributed by atoms with Crippen LogP contribution in [0.4, 0.5) is 5.69 Å². The van der Waals surface area contributed by atoms with Crippen LogP contribution in [-0.4, -0.2) is 18.3 Å². The lowest BCUT2D eigenvalue weighted by Crippen LogP contribution is -2.10. The molecule has 82 valence electrons. The lowest BCUT2D eigenvalue weighted by Gasteiger charge is -2.09. The first-order chi connectivity index (χ1) is 7.24. The van der Waals surface area contributed by atoms with Crippen molar-refractivity contribution in [2.24, 2.45) is 0 Å². The van der Waals surface area contributed by atoms with Gasteiger partial charge in [0.1, 0.15) is 11.8 Å². The van der Waals surface area contributed by atoms with Gasteiger partial charge in [0.15, 0.2) is 0 Å². The highest BCUT2D eigenvalue weighted by molar-refractivity contribution is 5.50. The van der Waals surface area contributed by atoms with Gasteiger partial charge < -0.3 is 15.0 Å². The Balaban J connectivity index is 3.01. The zero-order chi connectivity index (χ0) is 11.3. The fraction of sp³-hybridized carbons (Fsp3) is 0.545. The van der Waals surface area contributed by atoms with E-state index in [2.05, 4.69) is 13.0 Å². The first-order valence-corrected chi connectivity index (χ1v) is 5.11. The highest BCUT2D eigenvalue weighted by atomic mass is 16.5. The monoisotopic (exact) mass is 207 g/mol. The standard InChI is InChI=1S/C11H17N3O/c1-3-4-11-10(13)7-9(8-12)14(11)5-6-15-2/h7H,3-6,13H2,1-2H3. The summed E-state index contributed by atoms with van der Waals surface area (Å²) in [7, 11) is 1.65. The molecule has 0 saturated carbocycles. The van der Waals surface area contributed by atoms with Crippen LogP contribution in [0.15, 0.2) is 6.07 Å². The number of methoxy groups -OCH3 is 1. The first kappa shape index (κ1) is 11.6. The second-order valence-corrected chi connectivity index (χ2v) is 3.44. The Labute approximate surface area is 90.3 Å². The minimum atomic E-state index is 0.597. The Kier molecular flexibility index (Phi) is 4.19. The Morgan fingerprint density at radius 2 is 2.33 bits per heavy atom. The summed E-state index contributed by atoms with van der Waals surface area (Å²) in [5.41, 5.74) is 8.24. The number of nitrogen functional groups attached to an aromatic ring is 1. The molecule has 0 saturated heterocycles. The highest BCUT2D eigenvalue weighted by Crippen LogP contribution is 2.19. The van der Waals surface area contributed by atoms with Crippen molar-refractivity contribution in [1.29, 1.82) is 5.26 Å². The Morgan fingerprint density at radius 1 is 1.60 bits per heavy atom. The topological polar surface area (TPSA) is 64.0 Å². The van der Waals surface area contributed by atoms with E-state index < -0.39 is 0 Å². The number of hydrogen-bond acceptors (Lipinski definition) is 3. The van der Waals surface area contributed by atoms with Gasteiger partial charge in [-0.05, 0) is 12.5 Å². The molecule has 1 rings (SSSR count). The van der Waals surface area contributed by atoms with Gasteiger partial charge in [-0.15, -0.1) is 0 Å². The minimum absolute atomic E-state index is 0.597. The van der Waals surface area contributed by atoms with Gasteiger partial charge in [-0.25, -0.2) is 0 Å². The number of nitrogens with zero attached hydrogens (tertiary/aromatic N) is 2. The summed E-state index contributed by atoms with van der Waals surface area (Å²) in [5.74, 6) is 0. The molecule has 4 heteroatoms. The maximum absolute atomic E-state index is 8.96. The molecule has 0 atom stereocenters. The lowest BCUT2D eigenvalue weighted by atomic mass is 10.2.